The average Bonchev–Trinajstić information content (AvgIpc) is 3.06. The molecule has 2 aromatic carbocycles. The predicted molar refractivity (Wildman–Crippen MR) is 103 cm³/mol. The lowest BCUT2D eigenvalue weighted by atomic mass is 10.1. The summed E-state index contributed by atoms with van der Waals surface area (Å²) in [5.41, 5.74) is 5.47. The van der Waals surface area contributed by atoms with Crippen molar-refractivity contribution in [1.82, 2.24) is 15.6 Å². The molecule has 24 heavy (non-hydrogen) atoms. The van der Waals surface area contributed by atoms with E-state index in [0.717, 1.165) is 20.4 Å². The van der Waals surface area contributed by atoms with E-state index in [4.69, 9.17) is 11.6 Å². The van der Waals surface area contributed by atoms with E-state index in [-0.39, 0.29) is 5.91 Å². The number of halogens is 2. The molecule has 0 atom stereocenters. The summed E-state index contributed by atoms with van der Waals surface area (Å²) in [6, 6.07) is 15.0. The number of nitrogens with zero attached hydrogens (tertiary/aromatic N) is 2. The Kier molecular flexibility index (Phi) is 5.27. The van der Waals surface area contributed by atoms with Crippen LogP contribution in [0.4, 0.5) is 0 Å². The van der Waals surface area contributed by atoms with Gasteiger partial charge < -0.3 is 0 Å². The van der Waals surface area contributed by atoms with E-state index in [1.54, 1.807) is 24.5 Å². The van der Waals surface area contributed by atoms with Gasteiger partial charge in [-0.15, -0.1) is 0 Å². The van der Waals surface area contributed by atoms with Crippen LogP contribution in [0.1, 0.15) is 15.9 Å². The van der Waals surface area contributed by atoms with Gasteiger partial charge in [-0.3, -0.25) is 9.89 Å². The number of amides is 1. The Labute approximate surface area is 157 Å². The van der Waals surface area contributed by atoms with Crippen molar-refractivity contribution in [2.24, 2.45) is 5.10 Å². The van der Waals surface area contributed by atoms with Gasteiger partial charge in [0.1, 0.15) is 0 Å². The first-order valence-electron chi connectivity index (χ1n) is 7.02. The maximum atomic E-state index is 12.2. The summed E-state index contributed by atoms with van der Waals surface area (Å²) in [4.78, 5) is 12.2. The molecule has 3 rings (SSSR count). The molecule has 0 aliphatic rings. The topological polar surface area (TPSA) is 70.1 Å². The summed E-state index contributed by atoms with van der Waals surface area (Å²) in [7, 11) is 0. The molecule has 120 valence electrons. The van der Waals surface area contributed by atoms with Crippen LogP contribution in [0.2, 0.25) is 5.02 Å². The minimum absolute atomic E-state index is 0.362. The van der Waals surface area contributed by atoms with Crippen LogP contribution in [0.25, 0.3) is 11.3 Å². The van der Waals surface area contributed by atoms with Crippen LogP contribution < -0.4 is 5.43 Å². The number of aromatic amines is 1. The van der Waals surface area contributed by atoms with Crippen LogP contribution in [0.3, 0.4) is 0 Å². The summed E-state index contributed by atoms with van der Waals surface area (Å²) in [6.45, 7) is 0. The van der Waals surface area contributed by atoms with Crippen molar-refractivity contribution in [3.8, 4) is 11.3 Å². The highest BCUT2D eigenvalue weighted by Gasteiger charge is 2.10. The molecule has 3 aromatic rings. The minimum Gasteiger partial charge on any atom is -0.277 e. The third kappa shape index (κ3) is 3.82. The molecule has 2 N–H and O–H groups in total. The third-order valence-corrected chi connectivity index (χ3v) is 4.27. The number of hydrogen-bond donors (Lipinski definition) is 2. The number of benzene rings is 2. The van der Waals surface area contributed by atoms with Gasteiger partial charge in [0.2, 0.25) is 0 Å². The van der Waals surface area contributed by atoms with Crippen LogP contribution in [-0.2, 0) is 0 Å². The number of H-pyrrole nitrogens is 1. The van der Waals surface area contributed by atoms with Crippen LogP contribution in [0.15, 0.2) is 59.8 Å². The van der Waals surface area contributed by atoms with Crippen LogP contribution in [0, 0.1) is 3.57 Å². The average molecular weight is 451 g/mol. The first-order chi connectivity index (χ1) is 11.6. The zero-order valence-corrected chi connectivity index (χ0v) is 15.2. The SMILES string of the molecule is O=C(N/N=C\c1cn[nH]c1-c1ccccc1)c1cc(I)ccc1Cl. The summed E-state index contributed by atoms with van der Waals surface area (Å²) in [5, 5.41) is 11.3. The lowest BCUT2D eigenvalue weighted by Gasteiger charge is -2.03. The molecule has 0 aliphatic heterocycles. The van der Waals surface area contributed by atoms with Gasteiger partial charge in [0.15, 0.2) is 0 Å². The zero-order valence-electron chi connectivity index (χ0n) is 12.3. The number of aromatic nitrogens is 2. The summed E-state index contributed by atoms with van der Waals surface area (Å²) >= 11 is 8.17. The van der Waals surface area contributed by atoms with Gasteiger partial charge >= 0.3 is 0 Å². The first-order valence-corrected chi connectivity index (χ1v) is 8.48. The second kappa shape index (κ2) is 7.59. The van der Waals surface area contributed by atoms with Crippen LogP contribution in [0.5, 0.6) is 0 Å². The van der Waals surface area contributed by atoms with E-state index >= 15 is 0 Å². The Balaban J connectivity index is 1.75. The molecule has 5 nitrogen and oxygen atoms in total. The van der Waals surface area contributed by atoms with Gasteiger partial charge in [-0.2, -0.15) is 10.2 Å². The number of hydrogen-bond acceptors (Lipinski definition) is 3. The van der Waals surface area contributed by atoms with Crippen molar-refractivity contribution in [2.75, 3.05) is 0 Å². The monoisotopic (exact) mass is 450 g/mol. The van der Waals surface area contributed by atoms with E-state index < -0.39 is 0 Å². The van der Waals surface area contributed by atoms with Crippen molar-refractivity contribution >= 4 is 46.3 Å². The van der Waals surface area contributed by atoms with Crippen molar-refractivity contribution in [3.63, 3.8) is 0 Å². The molecular weight excluding hydrogens is 439 g/mol. The Morgan fingerprint density at radius 3 is 2.83 bits per heavy atom. The number of hydrazone groups is 1. The fraction of sp³-hybridized carbons (Fsp3) is 0. The smallest absolute Gasteiger partial charge is 0.272 e. The van der Waals surface area contributed by atoms with Crippen molar-refractivity contribution < 1.29 is 4.79 Å². The summed E-state index contributed by atoms with van der Waals surface area (Å²) < 4.78 is 0.923. The predicted octanol–water partition coefficient (Wildman–Crippen LogP) is 4.10. The number of nitrogens with one attached hydrogen (secondary N) is 2. The lowest BCUT2D eigenvalue weighted by Crippen LogP contribution is -2.18. The molecule has 0 spiro atoms. The van der Waals surface area contributed by atoms with Gasteiger partial charge in [0, 0.05) is 14.7 Å². The second-order valence-corrected chi connectivity index (χ2v) is 6.54. The van der Waals surface area contributed by atoms with Crippen LogP contribution in [-0.4, -0.2) is 22.3 Å². The maximum absolute atomic E-state index is 12.2. The quantitative estimate of drug-likeness (QED) is 0.357. The normalized spacial score (nSPS) is 10.9. The molecule has 0 bridgehead atoms. The molecule has 0 unspecified atom stereocenters. The van der Waals surface area contributed by atoms with Gasteiger partial charge in [-0.25, -0.2) is 5.43 Å². The van der Waals surface area contributed by atoms with Crippen molar-refractivity contribution in [1.29, 1.82) is 0 Å². The summed E-state index contributed by atoms with van der Waals surface area (Å²) in [6.07, 6.45) is 3.20. The molecule has 0 fully saturated rings. The highest BCUT2D eigenvalue weighted by atomic mass is 127. The molecule has 0 saturated carbocycles. The highest BCUT2D eigenvalue weighted by molar-refractivity contribution is 14.1. The molecule has 7 heteroatoms. The Morgan fingerprint density at radius 1 is 1.25 bits per heavy atom. The number of carbonyl (C=O) groups excluding carboxylic acids is 1. The maximum Gasteiger partial charge on any atom is 0.272 e. The largest absolute Gasteiger partial charge is 0.277 e. The summed E-state index contributed by atoms with van der Waals surface area (Å²) in [5.74, 6) is -0.362. The fourth-order valence-corrected chi connectivity index (χ4v) is 2.82. The lowest BCUT2D eigenvalue weighted by molar-refractivity contribution is 0.0955. The van der Waals surface area contributed by atoms with Gasteiger partial charge in [0.25, 0.3) is 5.91 Å². The van der Waals surface area contributed by atoms with E-state index in [2.05, 4.69) is 43.3 Å². The van der Waals surface area contributed by atoms with Crippen molar-refractivity contribution in [3.05, 3.63) is 74.4 Å². The Morgan fingerprint density at radius 2 is 2.04 bits per heavy atom. The van der Waals surface area contributed by atoms with E-state index in [9.17, 15) is 4.79 Å². The first kappa shape index (κ1) is 16.7. The molecule has 1 aromatic heterocycles. The zero-order chi connectivity index (χ0) is 16.9. The highest BCUT2D eigenvalue weighted by Crippen LogP contribution is 2.20. The fourth-order valence-electron chi connectivity index (χ4n) is 2.12. The number of rotatable bonds is 4. The van der Waals surface area contributed by atoms with Gasteiger partial charge in [0.05, 0.1) is 28.7 Å². The number of carbonyl (C=O) groups is 1. The minimum atomic E-state index is -0.362. The molecule has 0 aliphatic carbocycles. The molecule has 1 heterocycles. The van der Waals surface area contributed by atoms with Crippen LogP contribution >= 0.6 is 34.2 Å². The van der Waals surface area contributed by atoms with Gasteiger partial charge in [-0.1, -0.05) is 41.9 Å². The molecular formula is C17H12ClIN4O. The third-order valence-electron chi connectivity index (χ3n) is 3.27. The standard InChI is InChI=1S/C17H12ClIN4O/c18-15-7-6-13(19)8-14(15)17(24)23-21-10-12-9-20-22-16(12)11-4-2-1-3-5-11/h1-10H,(H,20,22)(H,23,24)/b21-10-. The van der Waals surface area contributed by atoms with Crippen molar-refractivity contribution in [2.45, 2.75) is 0 Å². The van der Waals surface area contributed by atoms with Gasteiger partial charge in [-0.05, 0) is 40.8 Å². The van der Waals surface area contributed by atoms with E-state index in [1.807, 2.05) is 36.4 Å². The Hall–Kier alpha value is -2.19. The van der Waals surface area contributed by atoms with E-state index in [1.165, 1.54) is 0 Å². The molecule has 0 saturated heterocycles. The Bertz CT molecular complexity index is 893. The molecule has 0 radical (unpaired) electrons. The van der Waals surface area contributed by atoms with E-state index in [0.29, 0.717) is 10.6 Å². The second-order valence-electron chi connectivity index (χ2n) is 4.89. The molecule has 1 amide bonds.